The molecule has 2 heterocycles. The van der Waals surface area contributed by atoms with Crippen molar-refractivity contribution in [2.45, 2.75) is 85.0 Å². The van der Waals surface area contributed by atoms with E-state index in [0.29, 0.717) is 13.0 Å². The van der Waals surface area contributed by atoms with Crippen LogP contribution in [-0.2, 0) is 5.54 Å². The van der Waals surface area contributed by atoms with Gasteiger partial charge in [0.1, 0.15) is 6.33 Å². The summed E-state index contributed by atoms with van der Waals surface area (Å²) in [6, 6.07) is 0.383. The topological polar surface area (TPSA) is 49.2 Å². The predicted molar refractivity (Wildman–Crippen MR) is 109 cm³/mol. The number of nitrogens with one attached hydrogen (secondary N) is 1. The van der Waals surface area contributed by atoms with E-state index in [1.165, 1.54) is 25.7 Å². The Labute approximate surface area is 155 Å². The molecule has 1 aromatic rings. The average Bonchev–Trinajstić information content (AvgIpc) is 3.03. The first-order valence-electron chi connectivity index (χ1n) is 9.99. The van der Waals surface area contributed by atoms with E-state index in [0.717, 1.165) is 18.9 Å². The minimum Gasteiger partial charge on any atom is -0.384 e. The zero-order valence-electron chi connectivity index (χ0n) is 17.3. The Bertz CT molecular complexity index is 535. The van der Waals surface area contributed by atoms with Crippen LogP contribution in [0.3, 0.4) is 0 Å². The Morgan fingerprint density at radius 1 is 1.20 bits per heavy atom. The molecule has 1 aliphatic heterocycles. The summed E-state index contributed by atoms with van der Waals surface area (Å²) in [4.78, 5) is 7.03. The van der Waals surface area contributed by atoms with Gasteiger partial charge < -0.3 is 14.8 Å². The zero-order valence-corrected chi connectivity index (χ0v) is 17.3. The molecule has 2 rings (SSSR count). The molecule has 1 aliphatic rings. The lowest BCUT2D eigenvalue weighted by Crippen LogP contribution is -2.61. The molecule has 0 fully saturated rings. The Morgan fingerprint density at radius 2 is 1.92 bits per heavy atom. The number of anilines is 1. The van der Waals surface area contributed by atoms with Gasteiger partial charge in [-0.25, -0.2) is 9.67 Å². The third kappa shape index (κ3) is 4.22. The van der Waals surface area contributed by atoms with Gasteiger partial charge in [-0.15, -0.1) is 0 Å². The SMILES string of the molecule is CCCCCCN1B(C)Nc2ncnn2C(C)(C)C(CC)N(C)B1C. The lowest BCUT2D eigenvalue weighted by atomic mass is 9.60. The molecule has 6 nitrogen and oxygen atoms in total. The maximum Gasteiger partial charge on any atom is 0.329 e. The van der Waals surface area contributed by atoms with Gasteiger partial charge in [-0.2, -0.15) is 5.10 Å². The van der Waals surface area contributed by atoms with Crippen LogP contribution < -0.4 is 5.23 Å². The van der Waals surface area contributed by atoms with Crippen LogP contribution in [0.5, 0.6) is 0 Å². The fourth-order valence-corrected chi connectivity index (χ4v) is 4.38. The van der Waals surface area contributed by atoms with E-state index in [2.05, 4.69) is 77.9 Å². The molecule has 1 unspecified atom stereocenters. The minimum absolute atomic E-state index is 0.130. The molecule has 0 bridgehead atoms. The van der Waals surface area contributed by atoms with Crippen LogP contribution in [-0.4, -0.2) is 57.9 Å². The molecule has 0 amide bonds. The molecule has 0 saturated heterocycles. The summed E-state index contributed by atoms with van der Waals surface area (Å²) in [6.07, 6.45) is 7.88. The number of likely N-dealkylation sites (N-methyl/N-ethyl adjacent to an activating group) is 1. The second kappa shape index (κ2) is 8.58. The van der Waals surface area contributed by atoms with Crippen molar-refractivity contribution < 1.29 is 0 Å². The van der Waals surface area contributed by atoms with Gasteiger partial charge in [0.25, 0.3) is 6.98 Å². The molecule has 25 heavy (non-hydrogen) atoms. The van der Waals surface area contributed by atoms with Crippen molar-refractivity contribution in [3.05, 3.63) is 6.33 Å². The molecule has 0 aliphatic carbocycles. The predicted octanol–water partition coefficient (Wildman–Crippen LogP) is 3.27. The Balaban J connectivity index is 2.32. The highest BCUT2D eigenvalue weighted by atomic mass is 15.4. The quantitative estimate of drug-likeness (QED) is 0.633. The molecule has 1 atom stereocenters. The maximum absolute atomic E-state index is 4.55. The zero-order chi connectivity index (χ0) is 18.6. The number of hydrogen-bond donors (Lipinski definition) is 1. The largest absolute Gasteiger partial charge is 0.384 e. The fourth-order valence-electron chi connectivity index (χ4n) is 4.38. The van der Waals surface area contributed by atoms with Gasteiger partial charge in [-0.1, -0.05) is 46.8 Å². The van der Waals surface area contributed by atoms with Crippen molar-refractivity contribution in [1.29, 1.82) is 0 Å². The van der Waals surface area contributed by atoms with Crippen LogP contribution in [0.25, 0.3) is 0 Å². The van der Waals surface area contributed by atoms with Gasteiger partial charge in [0, 0.05) is 6.04 Å². The lowest BCUT2D eigenvalue weighted by Gasteiger charge is -2.44. The summed E-state index contributed by atoms with van der Waals surface area (Å²) in [5.74, 6) is 0.872. The summed E-state index contributed by atoms with van der Waals surface area (Å²) in [5.41, 5.74) is -0.130. The van der Waals surface area contributed by atoms with Crippen LogP contribution in [0.15, 0.2) is 6.33 Å². The summed E-state index contributed by atoms with van der Waals surface area (Å²) in [6.45, 7) is 15.3. The number of nitrogens with zero attached hydrogens (tertiary/aromatic N) is 5. The molecular formula is C17H36B2N6. The molecule has 1 N–H and O–H groups in total. The molecular weight excluding hydrogens is 310 g/mol. The molecule has 0 saturated carbocycles. The van der Waals surface area contributed by atoms with Gasteiger partial charge in [-0.3, -0.25) is 0 Å². The van der Waals surface area contributed by atoms with Crippen LogP contribution in [0.2, 0.25) is 13.6 Å². The second-order valence-electron chi connectivity index (χ2n) is 7.99. The van der Waals surface area contributed by atoms with Crippen molar-refractivity contribution in [3.8, 4) is 0 Å². The van der Waals surface area contributed by atoms with E-state index < -0.39 is 0 Å². The highest BCUT2D eigenvalue weighted by Crippen LogP contribution is 2.30. The first-order chi connectivity index (χ1) is 11.8. The van der Waals surface area contributed by atoms with Gasteiger partial charge in [0.15, 0.2) is 0 Å². The fraction of sp³-hybridized carbons (Fsp3) is 0.882. The molecule has 8 heteroatoms. The summed E-state index contributed by atoms with van der Waals surface area (Å²) >= 11 is 0. The average molecular weight is 346 g/mol. The van der Waals surface area contributed by atoms with Crippen molar-refractivity contribution in [1.82, 2.24) is 24.3 Å². The van der Waals surface area contributed by atoms with Crippen molar-refractivity contribution in [3.63, 3.8) is 0 Å². The molecule has 0 radical (unpaired) electrons. The Kier molecular flexibility index (Phi) is 6.97. The monoisotopic (exact) mass is 346 g/mol. The Hall–Kier alpha value is -1.01. The summed E-state index contributed by atoms with van der Waals surface area (Å²) in [5, 5.41) is 8.17. The standard InChI is InChI=1S/C17H36B2N6/c1-8-10-11-12-13-24-18(5)22-16-20-14-21-25(16)17(3,4)15(9-2)23(7)19(24)6/h14-15H,8-13H2,1-7H3,(H,20,21,22). The summed E-state index contributed by atoms with van der Waals surface area (Å²) in [7, 11) is 2.26. The first kappa shape index (κ1) is 20.3. The van der Waals surface area contributed by atoms with Crippen LogP contribution in [0, 0.1) is 0 Å². The van der Waals surface area contributed by atoms with Gasteiger partial charge in [0.05, 0.1) is 5.54 Å². The number of aromatic nitrogens is 3. The number of unbranched alkanes of at least 4 members (excludes halogenated alkanes) is 3. The van der Waals surface area contributed by atoms with E-state index in [-0.39, 0.29) is 12.5 Å². The first-order valence-corrected chi connectivity index (χ1v) is 9.99. The molecule has 1 aromatic heterocycles. The molecule has 140 valence electrons. The lowest BCUT2D eigenvalue weighted by molar-refractivity contribution is 0.157. The molecule has 0 aromatic carbocycles. The van der Waals surface area contributed by atoms with Crippen molar-refractivity contribution >= 4 is 19.9 Å². The van der Waals surface area contributed by atoms with Crippen LogP contribution >= 0.6 is 0 Å². The third-order valence-electron chi connectivity index (χ3n) is 5.96. The minimum atomic E-state index is -0.130. The van der Waals surface area contributed by atoms with Crippen LogP contribution in [0.4, 0.5) is 5.95 Å². The second-order valence-corrected chi connectivity index (χ2v) is 7.99. The van der Waals surface area contributed by atoms with E-state index >= 15 is 0 Å². The number of hydrogen-bond acceptors (Lipinski definition) is 5. The van der Waals surface area contributed by atoms with Crippen LogP contribution in [0.1, 0.15) is 59.8 Å². The van der Waals surface area contributed by atoms with Gasteiger partial charge >= 0.3 is 6.98 Å². The van der Waals surface area contributed by atoms with Gasteiger partial charge in [0.2, 0.25) is 5.95 Å². The smallest absolute Gasteiger partial charge is 0.329 e. The van der Waals surface area contributed by atoms with E-state index in [1.807, 2.05) is 0 Å². The van der Waals surface area contributed by atoms with E-state index in [4.69, 9.17) is 0 Å². The normalized spacial score (nSPS) is 22.1. The van der Waals surface area contributed by atoms with Gasteiger partial charge in [-0.05, 0) is 40.3 Å². The van der Waals surface area contributed by atoms with E-state index in [9.17, 15) is 0 Å². The highest BCUT2D eigenvalue weighted by molar-refractivity contribution is 6.71. The molecule has 0 spiro atoms. The highest BCUT2D eigenvalue weighted by Gasteiger charge is 2.42. The van der Waals surface area contributed by atoms with E-state index in [1.54, 1.807) is 6.33 Å². The summed E-state index contributed by atoms with van der Waals surface area (Å²) < 4.78 is 4.64. The Morgan fingerprint density at radius 3 is 2.56 bits per heavy atom. The van der Waals surface area contributed by atoms with Crippen molar-refractivity contribution in [2.24, 2.45) is 0 Å². The maximum atomic E-state index is 4.55. The number of rotatable bonds is 6. The third-order valence-corrected chi connectivity index (χ3v) is 5.96. The number of fused-ring (bicyclic) bond motifs is 1. The van der Waals surface area contributed by atoms with Crippen molar-refractivity contribution in [2.75, 3.05) is 18.8 Å².